The zero-order chi connectivity index (χ0) is 11.4. The lowest BCUT2D eigenvalue weighted by atomic mass is 9.96. The summed E-state index contributed by atoms with van der Waals surface area (Å²) < 4.78 is 0. The molecule has 1 saturated heterocycles. The van der Waals surface area contributed by atoms with E-state index in [1.54, 1.807) is 0 Å². The smallest absolute Gasteiger partial charge is 0.0992 e. The highest BCUT2D eigenvalue weighted by Crippen LogP contribution is 2.23. The fraction of sp³-hybridized carbons (Fsp3) is 0.462. The maximum atomic E-state index is 8.86. The molecule has 0 spiro atoms. The number of hydrogen-bond donors (Lipinski definition) is 1. The highest BCUT2D eigenvalue weighted by Gasteiger charge is 2.18. The van der Waals surface area contributed by atoms with E-state index in [1.807, 2.05) is 18.2 Å². The van der Waals surface area contributed by atoms with Gasteiger partial charge in [0.15, 0.2) is 0 Å². The number of nitriles is 1. The van der Waals surface area contributed by atoms with Crippen LogP contribution in [0.2, 0.25) is 0 Å². The Bertz CT molecular complexity index is 386. The summed E-state index contributed by atoms with van der Waals surface area (Å²) in [5.41, 5.74) is 7.57. The van der Waals surface area contributed by atoms with Crippen molar-refractivity contribution in [1.82, 2.24) is 0 Å². The summed E-state index contributed by atoms with van der Waals surface area (Å²) in [5, 5.41) is 8.86. The number of nitrogens with zero attached hydrogens (tertiary/aromatic N) is 2. The molecule has 1 aromatic carbocycles. The van der Waals surface area contributed by atoms with Crippen molar-refractivity contribution in [3.05, 3.63) is 29.8 Å². The van der Waals surface area contributed by atoms with Crippen LogP contribution < -0.4 is 10.6 Å². The van der Waals surface area contributed by atoms with Crippen molar-refractivity contribution in [2.45, 2.75) is 12.8 Å². The number of anilines is 1. The molecule has 3 nitrogen and oxygen atoms in total. The van der Waals surface area contributed by atoms with Crippen molar-refractivity contribution in [1.29, 1.82) is 5.26 Å². The molecule has 1 aliphatic rings. The predicted molar refractivity (Wildman–Crippen MR) is 65.1 cm³/mol. The first-order chi connectivity index (χ1) is 7.83. The first-order valence-corrected chi connectivity index (χ1v) is 5.78. The molecule has 84 valence electrons. The second-order valence-electron chi connectivity index (χ2n) is 4.33. The second-order valence-corrected chi connectivity index (χ2v) is 4.33. The third kappa shape index (κ3) is 2.34. The Balaban J connectivity index is 2.05. The van der Waals surface area contributed by atoms with Crippen LogP contribution in [0.1, 0.15) is 18.4 Å². The van der Waals surface area contributed by atoms with E-state index in [1.165, 1.54) is 0 Å². The van der Waals surface area contributed by atoms with E-state index < -0.39 is 0 Å². The van der Waals surface area contributed by atoms with Crippen LogP contribution in [0.4, 0.5) is 5.69 Å². The molecule has 0 unspecified atom stereocenters. The summed E-state index contributed by atoms with van der Waals surface area (Å²) in [6.45, 7) is 2.90. The molecule has 0 radical (unpaired) electrons. The lowest BCUT2D eigenvalue weighted by Crippen LogP contribution is -2.36. The molecule has 1 heterocycles. The number of hydrogen-bond acceptors (Lipinski definition) is 3. The molecule has 0 aliphatic carbocycles. The van der Waals surface area contributed by atoms with Crippen LogP contribution in [0.5, 0.6) is 0 Å². The molecule has 3 heteroatoms. The Kier molecular flexibility index (Phi) is 3.43. The van der Waals surface area contributed by atoms with Gasteiger partial charge in [0.1, 0.15) is 0 Å². The average Bonchev–Trinajstić information content (AvgIpc) is 2.39. The standard InChI is InChI=1S/C13H17N3/c14-9-11-4-6-16(7-5-11)13-3-1-2-12(8-13)10-15/h1-3,8,11H,4-7,9,14H2. The molecular weight excluding hydrogens is 198 g/mol. The number of rotatable bonds is 2. The average molecular weight is 215 g/mol. The second kappa shape index (κ2) is 5.00. The van der Waals surface area contributed by atoms with Gasteiger partial charge in [0, 0.05) is 18.8 Å². The molecule has 1 aliphatic heterocycles. The Hall–Kier alpha value is -1.53. The largest absolute Gasteiger partial charge is 0.371 e. The molecule has 0 amide bonds. The van der Waals surface area contributed by atoms with Gasteiger partial charge in [-0.25, -0.2) is 0 Å². The van der Waals surface area contributed by atoms with E-state index in [0.29, 0.717) is 5.92 Å². The molecule has 2 N–H and O–H groups in total. The predicted octanol–water partition coefficient (Wildman–Crippen LogP) is 1.73. The summed E-state index contributed by atoms with van der Waals surface area (Å²) in [7, 11) is 0. The molecule has 2 rings (SSSR count). The van der Waals surface area contributed by atoms with Crippen molar-refractivity contribution >= 4 is 5.69 Å². The number of nitrogens with two attached hydrogens (primary N) is 1. The topological polar surface area (TPSA) is 53.0 Å². The Morgan fingerprint density at radius 3 is 2.75 bits per heavy atom. The quantitative estimate of drug-likeness (QED) is 0.817. The van der Waals surface area contributed by atoms with Crippen molar-refractivity contribution in [2.75, 3.05) is 24.5 Å². The number of piperidine rings is 1. The summed E-state index contributed by atoms with van der Waals surface area (Å²) in [4.78, 5) is 2.34. The van der Waals surface area contributed by atoms with Crippen LogP contribution in [-0.4, -0.2) is 19.6 Å². The molecule has 0 saturated carbocycles. The van der Waals surface area contributed by atoms with Crippen LogP contribution in [0.25, 0.3) is 0 Å². The zero-order valence-corrected chi connectivity index (χ0v) is 9.39. The Morgan fingerprint density at radius 2 is 2.12 bits per heavy atom. The fourth-order valence-electron chi connectivity index (χ4n) is 2.20. The van der Waals surface area contributed by atoms with Crippen molar-refractivity contribution in [3.8, 4) is 6.07 Å². The van der Waals surface area contributed by atoms with E-state index in [0.717, 1.165) is 43.7 Å². The molecular formula is C13H17N3. The summed E-state index contributed by atoms with van der Waals surface area (Å²) >= 11 is 0. The van der Waals surface area contributed by atoms with E-state index in [9.17, 15) is 0 Å². The molecule has 16 heavy (non-hydrogen) atoms. The Morgan fingerprint density at radius 1 is 1.38 bits per heavy atom. The van der Waals surface area contributed by atoms with Crippen LogP contribution >= 0.6 is 0 Å². The molecule has 1 fully saturated rings. The fourth-order valence-corrected chi connectivity index (χ4v) is 2.20. The van der Waals surface area contributed by atoms with Gasteiger partial charge in [0.2, 0.25) is 0 Å². The van der Waals surface area contributed by atoms with Gasteiger partial charge >= 0.3 is 0 Å². The van der Waals surface area contributed by atoms with E-state index in [-0.39, 0.29) is 0 Å². The van der Waals surface area contributed by atoms with Crippen LogP contribution in [0, 0.1) is 17.2 Å². The molecule has 0 atom stereocenters. The van der Waals surface area contributed by atoms with Gasteiger partial charge in [-0.1, -0.05) is 6.07 Å². The zero-order valence-electron chi connectivity index (χ0n) is 9.39. The van der Waals surface area contributed by atoms with Gasteiger partial charge in [-0.05, 0) is 43.5 Å². The van der Waals surface area contributed by atoms with E-state index in [4.69, 9.17) is 11.0 Å². The van der Waals surface area contributed by atoms with Gasteiger partial charge in [0.25, 0.3) is 0 Å². The maximum absolute atomic E-state index is 8.86. The van der Waals surface area contributed by atoms with Crippen molar-refractivity contribution in [2.24, 2.45) is 11.7 Å². The maximum Gasteiger partial charge on any atom is 0.0992 e. The minimum absolute atomic E-state index is 0.676. The number of benzene rings is 1. The minimum atomic E-state index is 0.676. The lowest BCUT2D eigenvalue weighted by molar-refractivity contribution is 0.414. The van der Waals surface area contributed by atoms with Crippen LogP contribution in [0.3, 0.4) is 0 Å². The van der Waals surface area contributed by atoms with Gasteiger partial charge in [-0.2, -0.15) is 5.26 Å². The van der Waals surface area contributed by atoms with Crippen LogP contribution in [0.15, 0.2) is 24.3 Å². The summed E-state index contributed by atoms with van der Waals surface area (Å²) in [5.74, 6) is 0.676. The van der Waals surface area contributed by atoms with Gasteiger partial charge in [-0.15, -0.1) is 0 Å². The lowest BCUT2D eigenvalue weighted by Gasteiger charge is -2.33. The monoisotopic (exact) mass is 215 g/mol. The minimum Gasteiger partial charge on any atom is -0.371 e. The molecule has 0 aromatic heterocycles. The summed E-state index contributed by atoms with van der Waals surface area (Å²) in [6, 6.07) is 10.0. The highest BCUT2D eigenvalue weighted by atomic mass is 15.1. The molecule has 0 bridgehead atoms. The van der Waals surface area contributed by atoms with Gasteiger partial charge < -0.3 is 10.6 Å². The highest BCUT2D eigenvalue weighted by molar-refractivity contribution is 5.51. The summed E-state index contributed by atoms with van der Waals surface area (Å²) in [6.07, 6.45) is 2.32. The normalized spacial score (nSPS) is 17.1. The first-order valence-electron chi connectivity index (χ1n) is 5.78. The third-order valence-electron chi connectivity index (χ3n) is 3.29. The first kappa shape index (κ1) is 11.0. The van der Waals surface area contributed by atoms with Crippen LogP contribution in [-0.2, 0) is 0 Å². The Labute approximate surface area is 96.5 Å². The van der Waals surface area contributed by atoms with Crippen molar-refractivity contribution < 1.29 is 0 Å². The SMILES string of the molecule is N#Cc1cccc(N2CCC(CN)CC2)c1. The van der Waals surface area contributed by atoms with E-state index in [2.05, 4.69) is 17.0 Å². The molecule has 1 aromatic rings. The van der Waals surface area contributed by atoms with Gasteiger partial charge in [-0.3, -0.25) is 0 Å². The third-order valence-corrected chi connectivity index (χ3v) is 3.29. The van der Waals surface area contributed by atoms with E-state index >= 15 is 0 Å². The van der Waals surface area contributed by atoms with Gasteiger partial charge in [0.05, 0.1) is 11.6 Å². The van der Waals surface area contributed by atoms with Crippen molar-refractivity contribution in [3.63, 3.8) is 0 Å².